The first-order valence-electron chi connectivity index (χ1n) is 6.58. The van der Waals surface area contributed by atoms with E-state index in [4.69, 9.17) is 5.73 Å². The number of hydrogen-bond donors (Lipinski definition) is 2. The Morgan fingerprint density at radius 1 is 1.44 bits per heavy atom. The smallest absolute Gasteiger partial charge is 0.326 e. The van der Waals surface area contributed by atoms with Crippen molar-refractivity contribution in [3.63, 3.8) is 0 Å². The fourth-order valence-corrected chi connectivity index (χ4v) is 4.12. The van der Waals surface area contributed by atoms with Crippen molar-refractivity contribution < 1.29 is 0 Å². The van der Waals surface area contributed by atoms with Crippen LogP contribution in [0, 0.1) is 5.41 Å². The maximum atomic E-state index is 11.7. The lowest BCUT2D eigenvalue weighted by molar-refractivity contribution is 0.334. The fourth-order valence-electron chi connectivity index (χ4n) is 2.66. The third kappa shape index (κ3) is 2.01. The van der Waals surface area contributed by atoms with Crippen LogP contribution in [0.1, 0.15) is 45.6 Å². The minimum atomic E-state index is -0.0779. The summed E-state index contributed by atoms with van der Waals surface area (Å²) in [4.78, 5) is 11.7. The van der Waals surface area contributed by atoms with Crippen LogP contribution in [0.5, 0.6) is 0 Å². The first-order chi connectivity index (χ1) is 8.49. The molecule has 0 saturated heterocycles. The molecule has 2 fully saturated rings. The van der Waals surface area contributed by atoms with Crippen LogP contribution in [0.15, 0.2) is 9.95 Å². The summed E-state index contributed by atoms with van der Waals surface area (Å²) in [5.74, 6) is 0. The molecule has 3 N–H and O–H groups in total. The number of H-pyrrole nitrogens is 1. The number of rotatable bonds is 3. The van der Waals surface area contributed by atoms with Crippen LogP contribution in [0.3, 0.4) is 0 Å². The summed E-state index contributed by atoms with van der Waals surface area (Å²) in [5.41, 5.74) is 6.42. The zero-order valence-corrected chi connectivity index (χ0v) is 11.7. The van der Waals surface area contributed by atoms with Crippen molar-refractivity contribution in [2.75, 3.05) is 0 Å². The van der Waals surface area contributed by atoms with Crippen LogP contribution in [-0.4, -0.2) is 26.1 Å². The molecule has 0 aliphatic heterocycles. The molecule has 0 spiro atoms. The highest BCUT2D eigenvalue weighted by atomic mass is 32.2. The Labute approximate surface area is 111 Å². The standard InChI is InChI=1S/C12H20N4OS/c1-12(2)6-5-8(9(12)13)18-11-15-14-10(17)16(11)7-3-4-7/h7-9H,3-6,13H2,1-2H3,(H,14,17). The molecule has 2 aliphatic rings. The highest BCUT2D eigenvalue weighted by Gasteiger charge is 2.41. The van der Waals surface area contributed by atoms with Crippen molar-refractivity contribution in [3.8, 4) is 0 Å². The summed E-state index contributed by atoms with van der Waals surface area (Å²) in [6, 6.07) is 0.534. The van der Waals surface area contributed by atoms with Gasteiger partial charge in [0.15, 0.2) is 5.16 Å². The Hall–Kier alpha value is -0.750. The second-order valence-electron chi connectivity index (χ2n) is 6.12. The van der Waals surface area contributed by atoms with Gasteiger partial charge in [-0.1, -0.05) is 25.6 Å². The van der Waals surface area contributed by atoms with E-state index in [1.807, 2.05) is 4.57 Å². The molecule has 2 atom stereocenters. The van der Waals surface area contributed by atoms with E-state index in [1.54, 1.807) is 11.8 Å². The van der Waals surface area contributed by atoms with Gasteiger partial charge in [-0.05, 0) is 31.1 Å². The Bertz CT molecular complexity index is 502. The predicted octanol–water partition coefficient (Wildman–Crippen LogP) is 1.51. The van der Waals surface area contributed by atoms with Gasteiger partial charge in [0.05, 0.1) is 0 Å². The molecule has 2 saturated carbocycles. The van der Waals surface area contributed by atoms with Crippen molar-refractivity contribution >= 4 is 11.8 Å². The minimum Gasteiger partial charge on any atom is -0.326 e. The highest BCUT2D eigenvalue weighted by molar-refractivity contribution is 7.99. The zero-order valence-electron chi connectivity index (χ0n) is 10.8. The Balaban J connectivity index is 1.79. The molecule has 0 radical (unpaired) electrons. The van der Waals surface area contributed by atoms with E-state index < -0.39 is 0 Å². The van der Waals surface area contributed by atoms with Crippen LogP contribution in [0.25, 0.3) is 0 Å². The number of nitrogens with zero attached hydrogens (tertiary/aromatic N) is 2. The number of nitrogens with two attached hydrogens (primary N) is 1. The second-order valence-corrected chi connectivity index (χ2v) is 7.33. The van der Waals surface area contributed by atoms with Gasteiger partial charge in [0.2, 0.25) is 0 Å². The summed E-state index contributed by atoms with van der Waals surface area (Å²) in [6.07, 6.45) is 4.43. The van der Waals surface area contributed by atoms with Gasteiger partial charge in [-0.2, -0.15) is 0 Å². The van der Waals surface area contributed by atoms with Crippen LogP contribution >= 0.6 is 11.8 Å². The van der Waals surface area contributed by atoms with Crippen molar-refractivity contribution in [2.45, 2.75) is 62.0 Å². The lowest BCUT2D eigenvalue weighted by Crippen LogP contribution is -2.38. The summed E-state index contributed by atoms with van der Waals surface area (Å²) < 4.78 is 1.81. The van der Waals surface area contributed by atoms with Gasteiger partial charge in [0, 0.05) is 17.3 Å². The van der Waals surface area contributed by atoms with E-state index >= 15 is 0 Å². The summed E-state index contributed by atoms with van der Waals surface area (Å²) >= 11 is 1.67. The largest absolute Gasteiger partial charge is 0.344 e. The molecule has 0 aromatic carbocycles. The predicted molar refractivity (Wildman–Crippen MR) is 71.8 cm³/mol. The highest BCUT2D eigenvalue weighted by Crippen LogP contribution is 2.44. The molecule has 18 heavy (non-hydrogen) atoms. The average Bonchev–Trinajstić information content (AvgIpc) is 3.03. The van der Waals surface area contributed by atoms with Crippen LogP contribution < -0.4 is 11.4 Å². The summed E-state index contributed by atoms with van der Waals surface area (Å²) in [6.45, 7) is 4.44. The van der Waals surface area contributed by atoms with E-state index in [1.165, 1.54) is 0 Å². The molecule has 3 rings (SSSR count). The van der Waals surface area contributed by atoms with E-state index in [-0.39, 0.29) is 17.1 Å². The molecule has 6 heteroatoms. The van der Waals surface area contributed by atoms with Crippen LogP contribution in [0.4, 0.5) is 0 Å². The van der Waals surface area contributed by atoms with Crippen molar-refractivity contribution in [1.82, 2.24) is 14.8 Å². The zero-order chi connectivity index (χ0) is 12.9. The summed E-state index contributed by atoms with van der Waals surface area (Å²) in [7, 11) is 0. The molecule has 2 unspecified atom stereocenters. The normalized spacial score (nSPS) is 30.8. The van der Waals surface area contributed by atoms with Gasteiger partial charge in [0.25, 0.3) is 0 Å². The minimum absolute atomic E-state index is 0.0779. The van der Waals surface area contributed by atoms with Crippen molar-refractivity contribution in [2.24, 2.45) is 11.1 Å². The Morgan fingerprint density at radius 2 is 2.17 bits per heavy atom. The van der Waals surface area contributed by atoms with Gasteiger partial charge >= 0.3 is 5.69 Å². The summed E-state index contributed by atoms with van der Waals surface area (Å²) in [5, 5.41) is 7.91. The molecule has 1 aromatic rings. The topological polar surface area (TPSA) is 76.7 Å². The molecule has 5 nitrogen and oxygen atoms in total. The fraction of sp³-hybridized carbons (Fsp3) is 0.833. The SMILES string of the molecule is CC1(C)CCC(Sc2n[nH]c(=O)n2C2CC2)C1N. The van der Waals surface area contributed by atoms with Gasteiger partial charge in [0.1, 0.15) is 0 Å². The van der Waals surface area contributed by atoms with E-state index in [2.05, 4.69) is 24.0 Å². The van der Waals surface area contributed by atoms with Gasteiger partial charge in [-0.3, -0.25) is 4.57 Å². The average molecular weight is 268 g/mol. The number of nitrogens with one attached hydrogen (secondary N) is 1. The lowest BCUT2D eigenvalue weighted by atomic mass is 9.88. The van der Waals surface area contributed by atoms with Crippen molar-refractivity contribution in [1.29, 1.82) is 0 Å². The van der Waals surface area contributed by atoms with Crippen LogP contribution in [-0.2, 0) is 0 Å². The number of aromatic amines is 1. The molecule has 0 bridgehead atoms. The van der Waals surface area contributed by atoms with Crippen LogP contribution in [0.2, 0.25) is 0 Å². The second kappa shape index (κ2) is 4.13. The number of hydrogen-bond acceptors (Lipinski definition) is 4. The van der Waals surface area contributed by atoms with Gasteiger partial charge in [-0.25, -0.2) is 9.89 Å². The monoisotopic (exact) mass is 268 g/mol. The molecule has 1 heterocycles. The third-order valence-electron chi connectivity index (χ3n) is 4.22. The third-order valence-corrected chi connectivity index (χ3v) is 5.55. The maximum Gasteiger partial charge on any atom is 0.344 e. The number of aromatic nitrogens is 3. The first-order valence-corrected chi connectivity index (χ1v) is 7.46. The Kier molecular flexibility index (Phi) is 2.82. The quantitative estimate of drug-likeness (QED) is 0.871. The van der Waals surface area contributed by atoms with E-state index in [0.29, 0.717) is 11.3 Å². The Morgan fingerprint density at radius 3 is 2.72 bits per heavy atom. The maximum absolute atomic E-state index is 11.7. The van der Waals surface area contributed by atoms with Crippen molar-refractivity contribution in [3.05, 3.63) is 10.5 Å². The molecular formula is C12H20N4OS. The molecule has 1 aromatic heterocycles. The number of thioether (sulfide) groups is 1. The first kappa shape index (κ1) is 12.3. The van der Waals surface area contributed by atoms with E-state index in [0.717, 1.165) is 30.8 Å². The molecule has 100 valence electrons. The van der Waals surface area contributed by atoms with Gasteiger partial charge < -0.3 is 5.73 Å². The molecular weight excluding hydrogens is 248 g/mol. The van der Waals surface area contributed by atoms with E-state index in [9.17, 15) is 4.79 Å². The van der Waals surface area contributed by atoms with Gasteiger partial charge in [-0.15, -0.1) is 5.10 Å². The lowest BCUT2D eigenvalue weighted by Gasteiger charge is -2.26. The molecule has 0 amide bonds. The molecule has 2 aliphatic carbocycles.